The number of hydrogen-bond donors (Lipinski definition) is 14. The van der Waals surface area contributed by atoms with Crippen LogP contribution in [0.5, 0.6) is 0 Å². The summed E-state index contributed by atoms with van der Waals surface area (Å²) >= 11 is 0. The van der Waals surface area contributed by atoms with E-state index in [1.807, 2.05) is 76.2 Å². The summed E-state index contributed by atoms with van der Waals surface area (Å²) in [5.74, 6) is 4.41. The molecule has 144 heavy (non-hydrogen) atoms. The van der Waals surface area contributed by atoms with E-state index in [-0.39, 0.29) is 64.8 Å². The van der Waals surface area contributed by atoms with Crippen LogP contribution < -0.4 is 74.4 Å². The summed E-state index contributed by atoms with van der Waals surface area (Å²) in [4.78, 5) is 0. The summed E-state index contributed by atoms with van der Waals surface area (Å²) in [6.07, 6.45) is 7.22. The maximum Gasteiger partial charge on any atom is 0.396 e. The third kappa shape index (κ3) is 47.0. The Bertz CT molecular complexity index is 3120. The number of fused-ring (bicyclic) bond motifs is 1. The lowest BCUT2D eigenvalue weighted by Gasteiger charge is -2.45. The molecule has 14 heterocycles. The van der Waals surface area contributed by atoms with Crippen molar-refractivity contribution in [1.29, 1.82) is 0 Å². The molecule has 0 bridgehead atoms. The standard InChI is InChI=1S/2C10H21N.2C9H17F2N.C9H18FN.C9H17N.C9H19N.C8H14F3N.C8H16FN.C8H17NO.C8H17N.2C7H14FN.C7H15N/c2*1-9(2,3)10(4)5-7-11-8-6-10;1-9(2,3)8-6(10)4-12-5-7(8)11;1-8(2,3)7-4-5-12-6-9(7,10)11;1-8(2,3)9(10)4-6-11-7-5-9;1-9(2,3)8-6-4-10-5-7(6)8;1-9(2,3)8-4-6-10-7-5-8;1-6(2)7(8(9,10)11)3-4-12-5-7;1-6(2)7-4-10-5-8(7,3)9;1-8(2,3)7-6-9-4-5-10-7;1-7(2)8(3)4-5-9-6-8;1-5(2)6-3-9-4-7(6)8;1-6(2)7(8)3-4-9-5-7;1-6(2)7-3-4-8-5-7/h2*11H,5-8H2,1-4H3;6-8,12H,4-5H2,1-3H3;7,12H,4-6H2,1-3H3;11H,4-7H2,1-3H3;6-8,10H,4-5H2,1-3H3;8,10H,4-7H2,1-3H3;6,12H,3-5H2,1-2H3;6-7,10H,4-5H2,1-3H3;7,9H,4-6H2,1-3H3;7,9H,4-6H2,1-3H3;5-7,9H,3-4H2,1-2H3;6,9H,3-5H2,1-2H3;6-8H,3-5H2,1-2H3. The molecule has 0 aromatic heterocycles. The number of halogens is 11. The zero-order valence-electron chi connectivity index (χ0n) is 101. The summed E-state index contributed by atoms with van der Waals surface area (Å²) in [6.45, 7) is 111. The van der Waals surface area contributed by atoms with Crippen LogP contribution in [0.15, 0.2) is 0 Å². The average Bonchev–Trinajstić information content (AvgIpc) is 1.57. The lowest BCUT2D eigenvalue weighted by molar-refractivity contribution is -0.231. The molecule has 14 aliphatic heterocycles. The Morgan fingerprint density at radius 2 is 0.722 bits per heavy atom. The van der Waals surface area contributed by atoms with Crippen molar-refractivity contribution in [3.8, 4) is 0 Å². The molecule has 14 unspecified atom stereocenters. The Hall–Kier alpha value is -1.37. The summed E-state index contributed by atoms with van der Waals surface area (Å²) in [6, 6.07) is 0. The molecule has 14 N–H and O–H groups in total. The van der Waals surface area contributed by atoms with E-state index in [4.69, 9.17) is 4.74 Å². The first-order valence-electron chi connectivity index (χ1n) is 57.7. The van der Waals surface area contributed by atoms with Gasteiger partial charge in [0.25, 0.3) is 5.92 Å². The molecule has 0 amide bonds. The Labute approximate surface area is 880 Å². The fraction of sp³-hybridized carbons (Fsp3) is 1.00. The Kier molecular flexibility index (Phi) is 58.6. The van der Waals surface area contributed by atoms with Gasteiger partial charge in [-0.3, -0.25) is 0 Å². The van der Waals surface area contributed by atoms with E-state index in [0.717, 1.165) is 100 Å². The molecule has 26 heteroatoms. The topological polar surface area (TPSA) is 178 Å². The molecular formula is C118H237F11N14O. The van der Waals surface area contributed by atoms with Gasteiger partial charge < -0.3 is 79.2 Å². The highest BCUT2D eigenvalue weighted by atomic mass is 19.4. The van der Waals surface area contributed by atoms with E-state index in [1.54, 1.807) is 20.8 Å². The molecule has 0 aromatic carbocycles. The quantitative estimate of drug-likeness (QED) is 0.113. The molecule has 15 aliphatic rings. The molecule has 0 radical (unpaired) electrons. The lowest BCUT2D eigenvalue weighted by atomic mass is 9.63. The predicted octanol–water partition coefficient (Wildman–Crippen LogP) is 24.9. The van der Waals surface area contributed by atoms with E-state index in [0.29, 0.717) is 121 Å². The number of rotatable bonds is 6. The van der Waals surface area contributed by atoms with Crippen molar-refractivity contribution in [2.24, 2.45) is 154 Å². The lowest BCUT2D eigenvalue weighted by Crippen LogP contribution is -2.51. The second kappa shape index (κ2) is 60.8. The second-order valence-corrected chi connectivity index (χ2v) is 57.4. The molecule has 14 saturated heterocycles. The number of morpholine rings is 1. The van der Waals surface area contributed by atoms with Gasteiger partial charge in [0, 0.05) is 95.7 Å². The monoisotopic (exact) mass is 2080 g/mol. The van der Waals surface area contributed by atoms with Crippen LogP contribution in [-0.4, -0.2) is 244 Å². The van der Waals surface area contributed by atoms with Gasteiger partial charge in [0.2, 0.25) is 0 Å². The van der Waals surface area contributed by atoms with Gasteiger partial charge in [-0.1, -0.05) is 270 Å². The van der Waals surface area contributed by atoms with Crippen LogP contribution in [0.4, 0.5) is 48.3 Å². The highest BCUT2D eigenvalue weighted by molar-refractivity contribution is 5.08. The summed E-state index contributed by atoms with van der Waals surface area (Å²) < 4.78 is 150. The maximum atomic E-state index is 14.0. The average molecular weight is 2080 g/mol. The number of ether oxygens (including phenoxy) is 1. The van der Waals surface area contributed by atoms with Crippen LogP contribution in [0.3, 0.4) is 0 Å². The van der Waals surface area contributed by atoms with Gasteiger partial charge in [0.15, 0.2) is 0 Å². The van der Waals surface area contributed by atoms with Gasteiger partial charge in [-0.25, -0.2) is 35.1 Å². The van der Waals surface area contributed by atoms with Crippen LogP contribution in [0, 0.1) is 154 Å². The largest absolute Gasteiger partial charge is 0.396 e. The molecule has 0 spiro atoms. The first-order valence-corrected chi connectivity index (χ1v) is 57.7. The van der Waals surface area contributed by atoms with Crippen molar-refractivity contribution in [2.45, 2.75) is 414 Å². The molecule has 0 aromatic rings. The van der Waals surface area contributed by atoms with Crippen LogP contribution in [-0.2, 0) is 4.74 Å². The Balaban J connectivity index is 0.000000525. The van der Waals surface area contributed by atoms with Crippen LogP contribution in [0.2, 0.25) is 0 Å². The van der Waals surface area contributed by atoms with E-state index in [1.165, 1.54) is 130 Å². The number of piperidine rings is 7. The highest BCUT2D eigenvalue weighted by Crippen LogP contribution is 2.58. The minimum Gasteiger partial charge on any atom is -0.375 e. The number of hydrogen-bond acceptors (Lipinski definition) is 15. The van der Waals surface area contributed by atoms with Crippen LogP contribution >= 0.6 is 0 Å². The van der Waals surface area contributed by atoms with Gasteiger partial charge >= 0.3 is 6.18 Å². The third-order valence-electron chi connectivity index (χ3n) is 36.6. The zero-order valence-corrected chi connectivity index (χ0v) is 101. The molecule has 1 aliphatic carbocycles. The molecule has 1 saturated carbocycles. The SMILES string of the molecule is CC(C)(C)C1(C)CCNCC1.CC(C)(C)C1(C)CCNCC1.CC(C)(C)C1(F)CCNCC1.CC(C)(C)C1C(F)CNCC1F.CC(C)(C)C1C2CNCC21.CC(C)(C)C1CCNCC1.CC(C)(C)C1CCNCC1(F)F.CC(C)(C)C1CNCCO1.CC(C)C1(C(F)(F)F)CCNC1.CC(C)C1(C)CCNC1.CC(C)C1(F)CCNC1.CC(C)C1CCNC1.CC(C)C1CNCC1(C)F.CC(C)C1CNCC1F. The number of alkyl halides is 11. The normalized spacial score (nSPS) is 32.1. The van der Waals surface area contributed by atoms with Crippen molar-refractivity contribution in [1.82, 2.24) is 74.4 Å². The van der Waals surface area contributed by atoms with Gasteiger partial charge in [-0.15, -0.1) is 0 Å². The van der Waals surface area contributed by atoms with Gasteiger partial charge in [-0.2, -0.15) is 13.2 Å². The van der Waals surface area contributed by atoms with Crippen molar-refractivity contribution < 1.29 is 53.0 Å². The molecule has 14 atom stereocenters. The first kappa shape index (κ1) is 139. The Morgan fingerprint density at radius 3 is 0.951 bits per heavy atom. The van der Waals surface area contributed by atoms with E-state index in [9.17, 15) is 48.3 Å². The smallest absolute Gasteiger partial charge is 0.375 e. The highest BCUT2D eigenvalue weighted by Gasteiger charge is 2.59. The molecule has 15 nitrogen and oxygen atoms in total. The van der Waals surface area contributed by atoms with E-state index < -0.39 is 64.9 Å². The van der Waals surface area contributed by atoms with Crippen molar-refractivity contribution in [3.63, 3.8) is 0 Å². The Morgan fingerprint density at radius 1 is 0.306 bits per heavy atom. The number of nitrogens with one attached hydrogen (secondary N) is 14. The summed E-state index contributed by atoms with van der Waals surface area (Å²) in [7, 11) is 0. The van der Waals surface area contributed by atoms with Gasteiger partial charge in [0.1, 0.15) is 35.5 Å². The molecular weight excluding hydrogens is 1840 g/mol. The summed E-state index contributed by atoms with van der Waals surface area (Å²) in [5.41, 5.74) is -1.07. The fourth-order valence-corrected chi connectivity index (χ4v) is 23.0. The molecule has 15 fully saturated rings. The second-order valence-electron chi connectivity index (χ2n) is 57.4. The van der Waals surface area contributed by atoms with E-state index in [2.05, 4.69) is 254 Å². The maximum absolute atomic E-state index is 14.0. The minimum atomic E-state index is -4.06. The zero-order chi connectivity index (χ0) is 111. The summed E-state index contributed by atoms with van der Waals surface area (Å²) in [5, 5.41) is 44.2. The van der Waals surface area contributed by atoms with Crippen LogP contribution in [0.1, 0.15) is 360 Å². The van der Waals surface area contributed by atoms with Gasteiger partial charge in [0.05, 0.1) is 24.7 Å². The van der Waals surface area contributed by atoms with Crippen molar-refractivity contribution in [2.75, 3.05) is 190 Å². The molecule has 15 rings (SSSR count). The van der Waals surface area contributed by atoms with Crippen LogP contribution in [0.25, 0.3) is 0 Å². The van der Waals surface area contributed by atoms with E-state index >= 15 is 0 Å². The molecule has 862 valence electrons. The fourth-order valence-electron chi connectivity index (χ4n) is 23.0. The van der Waals surface area contributed by atoms with Gasteiger partial charge in [-0.05, 0) is 320 Å². The van der Waals surface area contributed by atoms with Crippen molar-refractivity contribution in [3.05, 3.63) is 0 Å². The third-order valence-corrected chi connectivity index (χ3v) is 36.6. The minimum absolute atomic E-state index is 0.0775. The predicted molar refractivity (Wildman–Crippen MR) is 596 cm³/mol. The first-order chi connectivity index (χ1) is 65.7. The van der Waals surface area contributed by atoms with Crippen molar-refractivity contribution >= 4 is 0 Å².